The third-order valence-electron chi connectivity index (χ3n) is 7.18. The monoisotopic (exact) mass is 423 g/mol. The lowest BCUT2D eigenvalue weighted by molar-refractivity contribution is 0.639. The number of anilines is 1. The van der Waals surface area contributed by atoms with E-state index in [1.165, 1.54) is 51.7 Å². The average Bonchev–Trinajstić information content (AvgIpc) is 3.44. The quantitative estimate of drug-likeness (QED) is 0.489. The summed E-state index contributed by atoms with van der Waals surface area (Å²) in [6, 6.07) is 11.8. The van der Waals surface area contributed by atoms with Gasteiger partial charge in [-0.15, -0.1) is 0 Å². The fourth-order valence-electron chi connectivity index (χ4n) is 5.42. The summed E-state index contributed by atoms with van der Waals surface area (Å²) in [5.41, 5.74) is 10.5. The van der Waals surface area contributed by atoms with Gasteiger partial charge in [0.15, 0.2) is 0 Å². The maximum Gasteiger partial charge on any atom is 0.137 e. The minimum absolute atomic E-state index is 0.458. The van der Waals surface area contributed by atoms with E-state index < -0.39 is 0 Å². The van der Waals surface area contributed by atoms with Gasteiger partial charge in [0.25, 0.3) is 0 Å². The molecule has 1 saturated heterocycles. The van der Waals surface area contributed by atoms with E-state index in [4.69, 9.17) is 4.98 Å². The Balaban J connectivity index is 1.42. The molecule has 5 heterocycles. The molecule has 0 radical (unpaired) electrons. The van der Waals surface area contributed by atoms with Crippen LogP contribution in [0.5, 0.6) is 0 Å². The molecular formula is C27H29N5. The van der Waals surface area contributed by atoms with Crippen LogP contribution in [0.3, 0.4) is 0 Å². The van der Waals surface area contributed by atoms with E-state index in [0.717, 1.165) is 38.1 Å². The number of nitrogens with one attached hydrogen (secondary N) is 2. The maximum atomic E-state index is 4.70. The summed E-state index contributed by atoms with van der Waals surface area (Å²) in [4.78, 5) is 14.8. The van der Waals surface area contributed by atoms with Crippen LogP contribution in [0, 0.1) is 6.92 Å². The van der Waals surface area contributed by atoms with E-state index in [-0.39, 0.29) is 0 Å². The second-order valence-electron chi connectivity index (χ2n) is 9.14. The summed E-state index contributed by atoms with van der Waals surface area (Å²) in [5, 5.41) is 4.96. The van der Waals surface area contributed by atoms with Gasteiger partial charge < -0.3 is 15.2 Å². The van der Waals surface area contributed by atoms with Crippen molar-refractivity contribution in [1.82, 2.24) is 20.3 Å². The Hall–Kier alpha value is -3.18. The van der Waals surface area contributed by atoms with Gasteiger partial charge in [0.2, 0.25) is 0 Å². The fraction of sp³-hybridized carbons (Fsp3) is 0.333. The van der Waals surface area contributed by atoms with Gasteiger partial charge in [-0.2, -0.15) is 0 Å². The number of aryl methyl sites for hydroxylation is 1. The Kier molecular flexibility index (Phi) is 4.91. The highest BCUT2D eigenvalue weighted by atomic mass is 15.1. The molecule has 32 heavy (non-hydrogen) atoms. The minimum Gasteiger partial charge on any atom is -0.370 e. The highest BCUT2D eigenvalue weighted by Crippen LogP contribution is 2.35. The number of benzene rings is 1. The summed E-state index contributed by atoms with van der Waals surface area (Å²) in [6.07, 6.45) is 12.5. The van der Waals surface area contributed by atoms with E-state index in [0.29, 0.717) is 6.04 Å². The number of pyridine rings is 2. The van der Waals surface area contributed by atoms with Crippen LogP contribution < -0.4 is 10.2 Å². The molecule has 0 bridgehead atoms. The van der Waals surface area contributed by atoms with Crippen molar-refractivity contribution in [2.45, 2.75) is 38.6 Å². The summed E-state index contributed by atoms with van der Waals surface area (Å²) in [7, 11) is 0. The van der Waals surface area contributed by atoms with Crippen LogP contribution in [0.2, 0.25) is 0 Å². The summed E-state index contributed by atoms with van der Waals surface area (Å²) < 4.78 is 0. The Morgan fingerprint density at radius 2 is 2.00 bits per heavy atom. The van der Waals surface area contributed by atoms with Gasteiger partial charge >= 0.3 is 0 Å². The first-order valence-electron chi connectivity index (χ1n) is 11.7. The molecule has 1 fully saturated rings. The van der Waals surface area contributed by atoms with Gasteiger partial charge in [-0.25, -0.2) is 4.98 Å². The molecule has 5 nitrogen and oxygen atoms in total. The van der Waals surface area contributed by atoms with Gasteiger partial charge in [0.05, 0.1) is 11.9 Å². The van der Waals surface area contributed by atoms with E-state index in [9.17, 15) is 0 Å². The molecule has 2 N–H and O–H groups in total. The van der Waals surface area contributed by atoms with Crippen molar-refractivity contribution in [2.75, 3.05) is 24.5 Å². The summed E-state index contributed by atoms with van der Waals surface area (Å²) in [5.74, 6) is 0. The number of hydrogen-bond donors (Lipinski definition) is 2. The number of nitrogens with zero attached hydrogens (tertiary/aromatic N) is 3. The van der Waals surface area contributed by atoms with Crippen LogP contribution in [-0.4, -0.2) is 34.6 Å². The molecule has 0 amide bonds. The van der Waals surface area contributed by atoms with Crippen LogP contribution in [0.1, 0.15) is 41.1 Å². The Morgan fingerprint density at radius 3 is 2.84 bits per heavy atom. The predicted molar refractivity (Wildman–Crippen MR) is 130 cm³/mol. The van der Waals surface area contributed by atoms with E-state index >= 15 is 0 Å². The Morgan fingerprint density at radius 1 is 1.06 bits per heavy atom. The molecule has 4 aromatic rings. The van der Waals surface area contributed by atoms with Crippen LogP contribution in [0.4, 0.5) is 5.69 Å². The average molecular weight is 424 g/mol. The van der Waals surface area contributed by atoms with Gasteiger partial charge in [0, 0.05) is 48.7 Å². The first-order chi connectivity index (χ1) is 15.8. The molecule has 0 spiro atoms. The third-order valence-corrected chi connectivity index (χ3v) is 7.18. The topological polar surface area (TPSA) is 56.8 Å². The maximum absolute atomic E-state index is 4.70. The first kappa shape index (κ1) is 19.5. The molecular weight excluding hydrogens is 394 g/mol. The van der Waals surface area contributed by atoms with Crippen LogP contribution in [-0.2, 0) is 12.8 Å². The molecule has 5 heteroatoms. The number of aromatic amines is 1. The second kappa shape index (κ2) is 8.06. The largest absolute Gasteiger partial charge is 0.370 e. The number of rotatable bonds is 3. The number of aromatic nitrogens is 3. The van der Waals surface area contributed by atoms with E-state index in [2.05, 4.69) is 51.4 Å². The number of H-pyrrole nitrogens is 1. The van der Waals surface area contributed by atoms with Gasteiger partial charge in [-0.1, -0.05) is 6.07 Å². The van der Waals surface area contributed by atoms with E-state index in [1.54, 1.807) is 5.56 Å². The van der Waals surface area contributed by atoms with Crippen molar-refractivity contribution < 1.29 is 0 Å². The zero-order valence-electron chi connectivity index (χ0n) is 18.6. The number of hydrogen-bond acceptors (Lipinski definition) is 4. The van der Waals surface area contributed by atoms with Crippen LogP contribution >= 0.6 is 0 Å². The molecule has 2 aliphatic rings. The summed E-state index contributed by atoms with van der Waals surface area (Å²) in [6.45, 7) is 5.31. The molecule has 2 aliphatic heterocycles. The molecule has 1 unspecified atom stereocenters. The second-order valence-corrected chi connectivity index (χ2v) is 9.14. The number of fused-ring (bicyclic) bond motifs is 2. The van der Waals surface area contributed by atoms with Gasteiger partial charge in [-0.05, 0) is 91.2 Å². The lowest BCUT2D eigenvalue weighted by Gasteiger charge is -2.22. The molecule has 1 atom stereocenters. The Labute approximate surface area is 188 Å². The van der Waals surface area contributed by atoms with Crippen molar-refractivity contribution in [2.24, 2.45) is 0 Å². The predicted octanol–water partition coefficient (Wildman–Crippen LogP) is 4.96. The SMILES string of the molecule is Cc1c[nH]c2ncc(-c3cc4c(c(C5CCCN5)c3)CCN(c3cccnc3)CC4)cc12. The lowest BCUT2D eigenvalue weighted by Crippen LogP contribution is -2.26. The smallest absolute Gasteiger partial charge is 0.137 e. The van der Waals surface area contributed by atoms with Gasteiger partial charge in [0.1, 0.15) is 5.65 Å². The highest BCUT2D eigenvalue weighted by Gasteiger charge is 2.25. The normalized spacial score (nSPS) is 18.7. The van der Waals surface area contributed by atoms with E-state index in [1.807, 2.05) is 30.9 Å². The fourth-order valence-corrected chi connectivity index (χ4v) is 5.42. The lowest BCUT2D eigenvalue weighted by atomic mass is 9.88. The van der Waals surface area contributed by atoms with Crippen molar-refractivity contribution in [3.8, 4) is 11.1 Å². The Bertz CT molecular complexity index is 1250. The molecule has 3 aromatic heterocycles. The molecule has 6 rings (SSSR count). The van der Waals surface area contributed by atoms with Crippen molar-refractivity contribution in [3.05, 3.63) is 77.4 Å². The van der Waals surface area contributed by atoms with Crippen LogP contribution in [0.25, 0.3) is 22.2 Å². The van der Waals surface area contributed by atoms with Crippen molar-refractivity contribution >= 4 is 16.7 Å². The zero-order valence-corrected chi connectivity index (χ0v) is 18.6. The van der Waals surface area contributed by atoms with Crippen molar-refractivity contribution in [1.29, 1.82) is 0 Å². The van der Waals surface area contributed by atoms with Gasteiger partial charge in [-0.3, -0.25) is 4.98 Å². The highest BCUT2D eigenvalue weighted by molar-refractivity contribution is 5.84. The van der Waals surface area contributed by atoms with Crippen molar-refractivity contribution in [3.63, 3.8) is 0 Å². The molecule has 1 aromatic carbocycles. The molecule has 162 valence electrons. The molecule has 0 aliphatic carbocycles. The first-order valence-corrected chi connectivity index (χ1v) is 11.7. The third kappa shape index (κ3) is 3.47. The summed E-state index contributed by atoms with van der Waals surface area (Å²) >= 11 is 0. The van der Waals surface area contributed by atoms with Crippen LogP contribution in [0.15, 0.2) is 55.1 Å². The zero-order chi connectivity index (χ0) is 21.5. The minimum atomic E-state index is 0.458. The molecule has 0 saturated carbocycles. The standard InChI is InChI=1S/C27H29N5/c1-18-15-30-27-24(18)14-21(16-31-27)20-12-19-6-10-32(22-4-2-8-28-17-22)11-7-23(19)25(13-20)26-5-3-9-29-26/h2,4,8,12-17,26,29H,3,5-7,9-11H2,1H3,(H,30,31).